The number of halogens is 2. The van der Waals surface area contributed by atoms with Crippen molar-refractivity contribution in [1.29, 1.82) is 0 Å². The van der Waals surface area contributed by atoms with E-state index in [9.17, 15) is 8.42 Å². The highest BCUT2D eigenvalue weighted by Gasteiger charge is 2.25. The molecule has 2 rings (SSSR count). The molecule has 1 aliphatic rings. The van der Waals surface area contributed by atoms with E-state index in [1.165, 1.54) is 6.42 Å². The summed E-state index contributed by atoms with van der Waals surface area (Å²) in [7, 11) is -3.39. The zero-order valence-electron chi connectivity index (χ0n) is 11.2. The van der Waals surface area contributed by atoms with Crippen LogP contribution in [0.2, 0.25) is 0 Å². The average molecular weight is 425 g/mol. The smallest absolute Gasteiger partial charge is 0.208 e. The second-order valence-electron chi connectivity index (χ2n) is 5.27. The molecule has 1 aromatic carbocycles. The quantitative estimate of drug-likeness (QED) is 0.724. The fourth-order valence-electron chi connectivity index (χ4n) is 2.62. The number of nitrogens with one attached hydrogen (secondary N) is 1. The fraction of sp³-hybridized carbons (Fsp3) is 0.571. The molecule has 0 saturated heterocycles. The summed E-state index contributed by atoms with van der Waals surface area (Å²) in [6.45, 7) is 0. The van der Waals surface area contributed by atoms with E-state index in [1.54, 1.807) is 24.3 Å². The number of hydrogen-bond donors (Lipinski definition) is 1. The Bertz CT molecular complexity index is 523. The fourth-order valence-corrected chi connectivity index (χ4v) is 4.84. The maximum atomic E-state index is 12.3. The summed E-state index contributed by atoms with van der Waals surface area (Å²) in [6, 6.07) is 6.84. The molecular weight excluding hydrogens is 406 g/mol. The Morgan fingerprint density at radius 2 is 1.70 bits per heavy atom. The van der Waals surface area contributed by atoms with Crippen molar-refractivity contribution in [3.05, 3.63) is 28.7 Å². The second-order valence-corrected chi connectivity index (χ2v) is 8.69. The molecular formula is C14H19Br2NO2S. The lowest BCUT2D eigenvalue weighted by molar-refractivity contribution is 0.308. The monoisotopic (exact) mass is 423 g/mol. The SMILES string of the molecule is O=S(=O)(N[C@H]1CC[C@H](CCBr)CC1)c1ccc(Br)cc1. The van der Waals surface area contributed by atoms with Crippen molar-refractivity contribution in [3.63, 3.8) is 0 Å². The van der Waals surface area contributed by atoms with Gasteiger partial charge in [0.1, 0.15) is 0 Å². The highest BCUT2D eigenvalue weighted by Crippen LogP contribution is 2.28. The lowest BCUT2D eigenvalue weighted by Crippen LogP contribution is -2.37. The van der Waals surface area contributed by atoms with E-state index < -0.39 is 10.0 Å². The van der Waals surface area contributed by atoms with Gasteiger partial charge in [-0.05, 0) is 62.3 Å². The van der Waals surface area contributed by atoms with Crippen LogP contribution in [0.25, 0.3) is 0 Å². The van der Waals surface area contributed by atoms with Crippen LogP contribution in [-0.4, -0.2) is 19.8 Å². The number of rotatable bonds is 5. The van der Waals surface area contributed by atoms with E-state index in [-0.39, 0.29) is 6.04 Å². The largest absolute Gasteiger partial charge is 0.240 e. The maximum absolute atomic E-state index is 12.3. The van der Waals surface area contributed by atoms with Gasteiger partial charge in [-0.25, -0.2) is 13.1 Å². The Hall–Kier alpha value is 0.0900. The summed E-state index contributed by atoms with van der Waals surface area (Å²) in [5.41, 5.74) is 0. The van der Waals surface area contributed by atoms with Crippen LogP contribution >= 0.6 is 31.9 Å². The van der Waals surface area contributed by atoms with E-state index in [1.807, 2.05) is 0 Å². The molecule has 1 saturated carbocycles. The van der Waals surface area contributed by atoms with Crippen LogP contribution in [0, 0.1) is 5.92 Å². The highest BCUT2D eigenvalue weighted by molar-refractivity contribution is 9.10. The Kier molecular flexibility index (Phi) is 6.08. The number of sulfonamides is 1. The summed E-state index contributed by atoms with van der Waals surface area (Å²) in [4.78, 5) is 0.336. The number of benzene rings is 1. The lowest BCUT2D eigenvalue weighted by atomic mass is 9.85. The van der Waals surface area contributed by atoms with Crippen LogP contribution in [0.15, 0.2) is 33.6 Å². The molecule has 1 fully saturated rings. The lowest BCUT2D eigenvalue weighted by Gasteiger charge is -2.28. The molecule has 1 aliphatic carbocycles. The van der Waals surface area contributed by atoms with Gasteiger partial charge in [0.15, 0.2) is 0 Å². The van der Waals surface area contributed by atoms with Gasteiger partial charge in [0.05, 0.1) is 4.90 Å². The van der Waals surface area contributed by atoms with Crippen LogP contribution in [0.4, 0.5) is 0 Å². The minimum absolute atomic E-state index is 0.0789. The molecule has 0 spiro atoms. The molecule has 0 aliphatic heterocycles. The van der Waals surface area contributed by atoms with Gasteiger partial charge in [0, 0.05) is 15.8 Å². The van der Waals surface area contributed by atoms with Crippen molar-refractivity contribution in [2.45, 2.75) is 43.0 Å². The first kappa shape index (κ1) is 16.5. The third-order valence-corrected chi connectivity index (χ3v) is 6.33. The van der Waals surface area contributed by atoms with Gasteiger partial charge in [0.2, 0.25) is 10.0 Å². The first-order valence-electron chi connectivity index (χ1n) is 6.85. The molecule has 6 heteroatoms. The molecule has 1 aromatic rings. The van der Waals surface area contributed by atoms with Gasteiger partial charge in [-0.3, -0.25) is 0 Å². The van der Waals surface area contributed by atoms with Crippen LogP contribution < -0.4 is 4.72 Å². The minimum Gasteiger partial charge on any atom is -0.208 e. The number of alkyl halides is 1. The number of hydrogen-bond acceptors (Lipinski definition) is 2. The zero-order valence-corrected chi connectivity index (χ0v) is 15.2. The van der Waals surface area contributed by atoms with E-state index in [4.69, 9.17) is 0 Å². The standard InChI is InChI=1S/C14H19Br2NO2S/c15-10-9-11-1-5-13(6-2-11)17-20(18,19)14-7-3-12(16)4-8-14/h3-4,7-8,11,13,17H,1-2,5-6,9-10H2/t11-,13-. The Morgan fingerprint density at radius 1 is 1.10 bits per heavy atom. The molecule has 0 bridgehead atoms. The molecule has 20 heavy (non-hydrogen) atoms. The van der Waals surface area contributed by atoms with Crippen molar-refractivity contribution in [3.8, 4) is 0 Å². The molecule has 1 N–H and O–H groups in total. The summed E-state index contributed by atoms with van der Waals surface area (Å²) >= 11 is 6.78. The first-order chi connectivity index (χ1) is 9.51. The molecule has 0 aromatic heterocycles. The van der Waals surface area contributed by atoms with E-state index >= 15 is 0 Å². The van der Waals surface area contributed by atoms with E-state index in [2.05, 4.69) is 36.6 Å². The van der Waals surface area contributed by atoms with Crippen molar-refractivity contribution in [1.82, 2.24) is 4.72 Å². The van der Waals surface area contributed by atoms with E-state index in [0.717, 1.165) is 41.4 Å². The average Bonchev–Trinajstić information content (AvgIpc) is 2.41. The third-order valence-electron chi connectivity index (χ3n) is 3.81. The van der Waals surface area contributed by atoms with Crippen molar-refractivity contribution in [2.24, 2.45) is 5.92 Å². The minimum atomic E-state index is -3.39. The van der Waals surface area contributed by atoms with Crippen LogP contribution in [0.3, 0.4) is 0 Å². The molecule has 0 unspecified atom stereocenters. The summed E-state index contributed by atoms with van der Waals surface area (Å²) in [5.74, 6) is 0.739. The molecule has 0 radical (unpaired) electrons. The van der Waals surface area contributed by atoms with Gasteiger partial charge in [0.25, 0.3) is 0 Å². The van der Waals surface area contributed by atoms with Gasteiger partial charge < -0.3 is 0 Å². The summed E-state index contributed by atoms with van der Waals surface area (Å²) in [6.07, 6.45) is 5.28. The molecule has 0 amide bonds. The Balaban J connectivity index is 1.94. The van der Waals surface area contributed by atoms with Gasteiger partial charge in [-0.2, -0.15) is 0 Å². The Labute approximate surface area is 137 Å². The second kappa shape index (κ2) is 7.38. The third kappa shape index (κ3) is 4.55. The van der Waals surface area contributed by atoms with Crippen LogP contribution in [0.5, 0.6) is 0 Å². The van der Waals surface area contributed by atoms with Gasteiger partial charge >= 0.3 is 0 Å². The van der Waals surface area contributed by atoms with Crippen molar-refractivity contribution < 1.29 is 8.42 Å². The predicted octanol–water partition coefficient (Wildman–Crippen LogP) is 4.07. The molecule has 112 valence electrons. The van der Waals surface area contributed by atoms with Crippen LogP contribution in [0.1, 0.15) is 32.1 Å². The van der Waals surface area contributed by atoms with Crippen molar-refractivity contribution in [2.75, 3.05) is 5.33 Å². The molecule has 0 heterocycles. The topological polar surface area (TPSA) is 46.2 Å². The molecule has 0 atom stereocenters. The van der Waals surface area contributed by atoms with Crippen LogP contribution in [-0.2, 0) is 10.0 Å². The molecule has 3 nitrogen and oxygen atoms in total. The Morgan fingerprint density at radius 3 is 2.25 bits per heavy atom. The predicted molar refractivity (Wildman–Crippen MR) is 88.6 cm³/mol. The maximum Gasteiger partial charge on any atom is 0.240 e. The zero-order chi connectivity index (χ0) is 14.6. The van der Waals surface area contributed by atoms with Gasteiger partial charge in [-0.1, -0.05) is 31.9 Å². The van der Waals surface area contributed by atoms with Gasteiger partial charge in [-0.15, -0.1) is 0 Å². The normalized spacial score (nSPS) is 23.7. The highest BCUT2D eigenvalue weighted by atomic mass is 79.9. The first-order valence-corrected chi connectivity index (χ1v) is 10.2. The summed E-state index contributed by atoms with van der Waals surface area (Å²) in [5, 5.41) is 1.03. The summed E-state index contributed by atoms with van der Waals surface area (Å²) < 4.78 is 28.3. The van der Waals surface area contributed by atoms with E-state index in [0.29, 0.717) is 4.90 Å². The van der Waals surface area contributed by atoms with Crippen molar-refractivity contribution >= 4 is 41.9 Å².